The lowest BCUT2D eigenvalue weighted by molar-refractivity contribution is -0.267. The monoisotopic (exact) mass is 714 g/mol. The van der Waals surface area contributed by atoms with Gasteiger partial charge in [0, 0.05) is 17.7 Å². The molecule has 0 saturated carbocycles. The van der Waals surface area contributed by atoms with Gasteiger partial charge in [0.05, 0.1) is 0 Å². The van der Waals surface area contributed by atoms with E-state index in [2.05, 4.69) is 10.6 Å². The van der Waals surface area contributed by atoms with Crippen molar-refractivity contribution in [1.29, 1.82) is 0 Å². The van der Waals surface area contributed by atoms with Crippen molar-refractivity contribution in [3.8, 4) is 28.6 Å². The number of aliphatic hydroxyl groups excluding tert-OH is 3. The maximum absolute atomic E-state index is 13.5. The minimum atomic E-state index is -2.02. The molecule has 1 aromatic heterocycles. The SMILES string of the molecule is CC(C)C[C@@H](NC(=O)C(NC(=O)C1O[C@@H](Oc2cc3oc(-c4ccccc4)cc(=O)c3c(O)c2O)C(O)C(O)[C@H]1O)C(C)C)C(=O)OC(C)(C)C. The Bertz CT molecular complexity index is 1780. The van der Waals surface area contributed by atoms with Gasteiger partial charge in [-0.25, -0.2) is 4.79 Å². The van der Waals surface area contributed by atoms with E-state index in [1.165, 1.54) is 0 Å². The molecule has 51 heavy (non-hydrogen) atoms. The second-order valence-electron chi connectivity index (χ2n) is 14.3. The lowest BCUT2D eigenvalue weighted by atomic mass is 9.96. The van der Waals surface area contributed by atoms with Crippen LogP contribution in [0.1, 0.15) is 54.9 Å². The van der Waals surface area contributed by atoms with Crippen molar-refractivity contribution in [1.82, 2.24) is 10.6 Å². The summed E-state index contributed by atoms with van der Waals surface area (Å²) in [7, 11) is 0. The average Bonchev–Trinajstić information content (AvgIpc) is 3.04. The van der Waals surface area contributed by atoms with E-state index in [1.54, 1.807) is 65.0 Å². The highest BCUT2D eigenvalue weighted by atomic mass is 16.7. The molecule has 0 spiro atoms. The van der Waals surface area contributed by atoms with E-state index in [0.717, 1.165) is 12.1 Å². The lowest BCUT2D eigenvalue weighted by Crippen LogP contribution is -2.64. The first-order valence-corrected chi connectivity index (χ1v) is 16.6. The van der Waals surface area contributed by atoms with Gasteiger partial charge < -0.3 is 54.8 Å². The quantitative estimate of drug-likeness (QED) is 0.111. The van der Waals surface area contributed by atoms with Crippen molar-refractivity contribution in [3.05, 3.63) is 52.7 Å². The molecule has 2 aromatic carbocycles. The third kappa shape index (κ3) is 9.16. The first-order valence-electron chi connectivity index (χ1n) is 16.6. The molecule has 7 N–H and O–H groups in total. The number of hydrogen-bond donors (Lipinski definition) is 7. The van der Waals surface area contributed by atoms with Crippen LogP contribution in [0.2, 0.25) is 0 Å². The second kappa shape index (κ2) is 15.7. The van der Waals surface area contributed by atoms with Crippen LogP contribution in [0.3, 0.4) is 0 Å². The minimum Gasteiger partial charge on any atom is -0.504 e. The van der Waals surface area contributed by atoms with E-state index in [0.29, 0.717) is 5.56 Å². The molecule has 0 bridgehead atoms. The van der Waals surface area contributed by atoms with E-state index in [9.17, 15) is 44.7 Å². The zero-order valence-corrected chi connectivity index (χ0v) is 29.4. The predicted molar refractivity (Wildman–Crippen MR) is 183 cm³/mol. The third-order valence-corrected chi connectivity index (χ3v) is 8.02. The van der Waals surface area contributed by atoms with Crippen molar-refractivity contribution in [2.45, 2.75) is 103 Å². The van der Waals surface area contributed by atoms with Crippen LogP contribution in [0.15, 0.2) is 51.7 Å². The number of benzene rings is 2. The van der Waals surface area contributed by atoms with Crippen molar-refractivity contribution >= 4 is 28.8 Å². The van der Waals surface area contributed by atoms with Crippen molar-refractivity contribution in [2.75, 3.05) is 0 Å². The van der Waals surface area contributed by atoms with Crippen molar-refractivity contribution in [3.63, 3.8) is 0 Å². The summed E-state index contributed by atoms with van der Waals surface area (Å²) in [5, 5.41) is 58.3. The molecular formula is C36H46N2O13. The number of phenolic OH excluding ortho intramolecular Hbond substituents is 2. The number of aromatic hydroxyl groups is 2. The summed E-state index contributed by atoms with van der Waals surface area (Å²) in [6.45, 7) is 12.1. The molecule has 0 radical (unpaired) electrons. The fraction of sp³-hybridized carbons (Fsp3) is 0.500. The molecule has 15 nitrogen and oxygen atoms in total. The third-order valence-electron chi connectivity index (χ3n) is 8.02. The summed E-state index contributed by atoms with van der Waals surface area (Å²) in [5.74, 6) is -5.24. The van der Waals surface area contributed by atoms with Crippen LogP contribution in [0.5, 0.6) is 17.2 Å². The Morgan fingerprint density at radius 1 is 0.902 bits per heavy atom. The summed E-state index contributed by atoms with van der Waals surface area (Å²) in [6.07, 6.45) is -9.61. The van der Waals surface area contributed by atoms with Crippen LogP contribution >= 0.6 is 0 Å². The van der Waals surface area contributed by atoms with Gasteiger partial charge >= 0.3 is 5.97 Å². The Morgan fingerprint density at radius 3 is 2.14 bits per heavy atom. The standard InChI is InChI=1S/C36H46N2O13/c1-16(2)13-19(34(47)51-36(5,6)7)37-32(45)25(17(3)4)38-33(46)31-29(43)28(42)30(44)35(50-31)49-23-15-22-24(27(41)26(23)40)20(39)14-21(48-22)18-11-9-8-10-12-18/h8-12,14-17,19,25,28-31,35,40-44H,13H2,1-7H3,(H,37,45)(H,38,46)/t19-,25?,28?,29-,30?,31?,35-/m1/s1. The number of carbonyl (C=O) groups excluding carboxylic acids is 3. The van der Waals surface area contributed by atoms with Crippen LogP contribution in [-0.2, 0) is 23.9 Å². The smallest absolute Gasteiger partial charge is 0.329 e. The molecule has 4 unspecified atom stereocenters. The highest BCUT2D eigenvalue weighted by molar-refractivity contribution is 5.92. The summed E-state index contributed by atoms with van der Waals surface area (Å²) in [5.41, 5.74) is -1.16. The zero-order valence-electron chi connectivity index (χ0n) is 29.4. The van der Waals surface area contributed by atoms with Gasteiger partial charge in [-0.3, -0.25) is 14.4 Å². The van der Waals surface area contributed by atoms with Gasteiger partial charge in [-0.05, 0) is 39.0 Å². The number of esters is 1. The number of nitrogens with one attached hydrogen (secondary N) is 2. The van der Waals surface area contributed by atoms with Gasteiger partial charge in [0.15, 0.2) is 23.0 Å². The van der Waals surface area contributed by atoms with Crippen molar-refractivity contribution < 1.29 is 58.5 Å². The molecule has 3 aromatic rings. The molecule has 0 aliphatic carbocycles. The molecule has 1 fully saturated rings. The number of aliphatic hydroxyl groups is 3. The Morgan fingerprint density at radius 2 is 1.55 bits per heavy atom. The Balaban J connectivity index is 1.57. The lowest BCUT2D eigenvalue weighted by Gasteiger charge is -2.40. The number of amides is 2. The van der Waals surface area contributed by atoms with Gasteiger partial charge in [-0.2, -0.15) is 0 Å². The average molecular weight is 715 g/mol. The summed E-state index contributed by atoms with van der Waals surface area (Å²) < 4.78 is 22.5. The molecule has 2 heterocycles. The van der Waals surface area contributed by atoms with Crippen LogP contribution in [0.25, 0.3) is 22.3 Å². The number of phenols is 2. The fourth-order valence-electron chi connectivity index (χ4n) is 5.48. The Hall–Kier alpha value is -4.70. The van der Waals surface area contributed by atoms with Crippen molar-refractivity contribution in [2.24, 2.45) is 11.8 Å². The molecule has 7 atom stereocenters. The molecule has 278 valence electrons. The van der Waals surface area contributed by atoms with Gasteiger partial charge in [-0.1, -0.05) is 58.0 Å². The highest BCUT2D eigenvalue weighted by Gasteiger charge is 2.49. The van der Waals surface area contributed by atoms with Gasteiger partial charge in [0.1, 0.15) is 52.7 Å². The van der Waals surface area contributed by atoms with E-state index in [4.69, 9.17) is 18.6 Å². The Kier molecular flexibility index (Phi) is 12.0. The zero-order chi connectivity index (χ0) is 37.9. The maximum Gasteiger partial charge on any atom is 0.329 e. The van der Waals surface area contributed by atoms with Gasteiger partial charge in [0.25, 0.3) is 5.91 Å². The van der Waals surface area contributed by atoms with Crippen LogP contribution in [-0.4, -0.2) is 91.7 Å². The topological polar surface area (TPSA) is 234 Å². The number of hydrogen-bond acceptors (Lipinski definition) is 13. The first-order chi connectivity index (χ1) is 23.8. The molecule has 15 heteroatoms. The molecule has 1 aliphatic rings. The highest BCUT2D eigenvalue weighted by Crippen LogP contribution is 2.42. The number of fused-ring (bicyclic) bond motifs is 1. The van der Waals surface area contributed by atoms with E-state index in [1.807, 2.05) is 13.8 Å². The molecule has 1 aliphatic heterocycles. The number of rotatable bonds is 11. The second-order valence-corrected chi connectivity index (χ2v) is 14.3. The summed E-state index contributed by atoms with van der Waals surface area (Å²) in [6, 6.07) is 8.49. The van der Waals surface area contributed by atoms with E-state index >= 15 is 0 Å². The molecule has 4 rings (SSSR count). The normalized spacial score (nSPS) is 22.0. The van der Waals surface area contributed by atoms with Crippen LogP contribution in [0, 0.1) is 11.8 Å². The van der Waals surface area contributed by atoms with E-state index in [-0.39, 0.29) is 29.1 Å². The number of carbonyl (C=O) groups is 3. The summed E-state index contributed by atoms with van der Waals surface area (Å²) >= 11 is 0. The maximum atomic E-state index is 13.5. The first kappa shape index (κ1) is 39.1. The van der Waals surface area contributed by atoms with E-state index < -0.39 is 94.8 Å². The Labute approximate surface area is 294 Å². The minimum absolute atomic E-state index is 0.00330. The largest absolute Gasteiger partial charge is 0.504 e. The number of ether oxygens (including phenoxy) is 3. The van der Waals surface area contributed by atoms with Crippen LogP contribution < -0.4 is 20.8 Å². The molecule has 1 saturated heterocycles. The molecule has 2 amide bonds. The molecular weight excluding hydrogens is 668 g/mol. The van der Waals surface area contributed by atoms with Gasteiger partial charge in [-0.15, -0.1) is 0 Å². The summed E-state index contributed by atoms with van der Waals surface area (Å²) in [4.78, 5) is 52.8. The van der Waals surface area contributed by atoms with Crippen LogP contribution in [0.4, 0.5) is 0 Å². The van der Waals surface area contributed by atoms with Gasteiger partial charge in [0.2, 0.25) is 17.9 Å². The fourth-order valence-corrected chi connectivity index (χ4v) is 5.48. The predicted octanol–water partition coefficient (Wildman–Crippen LogP) is 2.07.